The molecule has 0 aliphatic heterocycles. The fourth-order valence-corrected chi connectivity index (χ4v) is 2.68. The molecule has 1 amide bonds. The number of amides is 1. The summed E-state index contributed by atoms with van der Waals surface area (Å²) >= 11 is 0. The number of rotatable bonds is 8. The average Bonchev–Trinajstić information content (AvgIpc) is 2.43. The number of carbonyl (C=O) groups excluding carboxylic acids is 1. The standard InChI is InChI=1S/C16H32N2O2/c1-13(2)6-10-20-11-9-18-15(19)16(12-17)7-4-14(3)5-8-16/h13-14H,4-12,17H2,1-3H3,(H,18,19). The zero-order valence-corrected chi connectivity index (χ0v) is 13.4. The van der Waals surface area contributed by atoms with Gasteiger partial charge >= 0.3 is 0 Å². The Morgan fingerprint density at radius 3 is 2.55 bits per heavy atom. The lowest BCUT2D eigenvalue weighted by atomic mass is 9.70. The van der Waals surface area contributed by atoms with Gasteiger partial charge in [-0.1, -0.05) is 20.8 Å². The lowest BCUT2D eigenvalue weighted by Gasteiger charge is -2.37. The van der Waals surface area contributed by atoms with Gasteiger partial charge in [-0.25, -0.2) is 0 Å². The van der Waals surface area contributed by atoms with Crippen molar-refractivity contribution in [2.75, 3.05) is 26.3 Å². The molecular weight excluding hydrogens is 252 g/mol. The first-order valence-corrected chi connectivity index (χ1v) is 8.06. The molecule has 1 aliphatic rings. The number of nitrogens with two attached hydrogens (primary N) is 1. The van der Waals surface area contributed by atoms with Gasteiger partial charge in [0, 0.05) is 19.7 Å². The predicted molar refractivity (Wildman–Crippen MR) is 82.4 cm³/mol. The second-order valence-electron chi connectivity index (χ2n) is 6.72. The Balaban J connectivity index is 2.23. The molecule has 4 nitrogen and oxygen atoms in total. The Morgan fingerprint density at radius 1 is 1.35 bits per heavy atom. The van der Waals surface area contributed by atoms with Gasteiger partial charge in [0.15, 0.2) is 0 Å². The summed E-state index contributed by atoms with van der Waals surface area (Å²) in [6.07, 6.45) is 5.12. The maximum atomic E-state index is 12.4. The zero-order valence-electron chi connectivity index (χ0n) is 13.4. The molecule has 4 heteroatoms. The van der Waals surface area contributed by atoms with Crippen LogP contribution in [0.25, 0.3) is 0 Å². The van der Waals surface area contributed by atoms with E-state index in [2.05, 4.69) is 26.1 Å². The number of ether oxygens (including phenoxy) is 1. The van der Waals surface area contributed by atoms with Crippen molar-refractivity contribution in [2.24, 2.45) is 23.0 Å². The third-order valence-electron chi connectivity index (χ3n) is 4.48. The summed E-state index contributed by atoms with van der Waals surface area (Å²) in [4.78, 5) is 12.4. The highest BCUT2D eigenvalue weighted by atomic mass is 16.5. The average molecular weight is 284 g/mol. The first kappa shape index (κ1) is 17.4. The van der Waals surface area contributed by atoms with Crippen LogP contribution in [0.4, 0.5) is 0 Å². The molecule has 0 radical (unpaired) electrons. The van der Waals surface area contributed by atoms with Crippen LogP contribution in [0.2, 0.25) is 0 Å². The molecule has 0 bridgehead atoms. The van der Waals surface area contributed by atoms with Gasteiger partial charge in [-0.15, -0.1) is 0 Å². The Hall–Kier alpha value is -0.610. The summed E-state index contributed by atoms with van der Waals surface area (Å²) in [7, 11) is 0. The Bertz CT molecular complexity index is 284. The number of carbonyl (C=O) groups is 1. The first-order valence-electron chi connectivity index (χ1n) is 8.06. The van der Waals surface area contributed by atoms with Crippen molar-refractivity contribution in [3.05, 3.63) is 0 Å². The molecule has 1 aliphatic carbocycles. The van der Waals surface area contributed by atoms with Gasteiger partial charge < -0.3 is 15.8 Å². The lowest BCUT2D eigenvalue weighted by molar-refractivity contribution is -0.133. The van der Waals surface area contributed by atoms with Crippen molar-refractivity contribution in [2.45, 2.75) is 52.9 Å². The van der Waals surface area contributed by atoms with E-state index in [9.17, 15) is 4.79 Å². The molecule has 1 fully saturated rings. The number of nitrogens with one attached hydrogen (secondary N) is 1. The van der Waals surface area contributed by atoms with E-state index < -0.39 is 0 Å². The van der Waals surface area contributed by atoms with Crippen molar-refractivity contribution in [1.82, 2.24) is 5.32 Å². The minimum Gasteiger partial charge on any atom is -0.380 e. The minimum absolute atomic E-state index is 0.124. The van der Waals surface area contributed by atoms with Crippen molar-refractivity contribution < 1.29 is 9.53 Å². The molecule has 0 aromatic rings. The second kappa shape index (κ2) is 8.63. The van der Waals surface area contributed by atoms with Gasteiger partial charge in [-0.2, -0.15) is 0 Å². The first-order chi connectivity index (χ1) is 9.50. The number of hydrogen-bond donors (Lipinski definition) is 2. The molecule has 0 aromatic carbocycles. The fraction of sp³-hybridized carbons (Fsp3) is 0.938. The van der Waals surface area contributed by atoms with Crippen LogP contribution >= 0.6 is 0 Å². The van der Waals surface area contributed by atoms with Crippen LogP contribution in [0, 0.1) is 17.3 Å². The Morgan fingerprint density at radius 2 is 2.00 bits per heavy atom. The molecule has 3 N–H and O–H groups in total. The van der Waals surface area contributed by atoms with E-state index >= 15 is 0 Å². The van der Waals surface area contributed by atoms with E-state index in [1.165, 1.54) is 0 Å². The molecule has 0 atom stereocenters. The molecule has 1 saturated carbocycles. The van der Waals surface area contributed by atoms with Crippen LogP contribution in [0.15, 0.2) is 0 Å². The van der Waals surface area contributed by atoms with E-state index in [0.29, 0.717) is 25.6 Å². The predicted octanol–water partition coefficient (Wildman–Crippen LogP) is 2.32. The molecule has 0 unspecified atom stereocenters. The molecule has 20 heavy (non-hydrogen) atoms. The molecule has 0 saturated heterocycles. The largest absolute Gasteiger partial charge is 0.380 e. The van der Waals surface area contributed by atoms with E-state index in [0.717, 1.165) is 44.6 Å². The zero-order chi connectivity index (χ0) is 15.0. The lowest BCUT2D eigenvalue weighted by Crippen LogP contribution is -2.48. The van der Waals surface area contributed by atoms with Crippen molar-refractivity contribution in [1.29, 1.82) is 0 Å². The highest BCUT2D eigenvalue weighted by molar-refractivity contribution is 5.83. The molecule has 0 heterocycles. The SMILES string of the molecule is CC(C)CCOCCNC(=O)C1(CN)CCC(C)CC1. The van der Waals surface area contributed by atoms with Crippen LogP contribution in [0.3, 0.4) is 0 Å². The van der Waals surface area contributed by atoms with Gasteiger partial charge in [-0.3, -0.25) is 4.79 Å². The van der Waals surface area contributed by atoms with Crippen molar-refractivity contribution >= 4 is 5.91 Å². The highest BCUT2D eigenvalue weighted by Gasteiger charge is 2.39. The number of hydrogen-bond acceptors (Lipinski definition) is 3. The molecule has 0 aromatic heterocycles. The van der Waals surface area contributed by atoms with Gasteiger partial charge in [0.2, 0.25) is 5.91 Å². The molecule has 1 rings (SSSR count). The fourth-order valence-electron chi connectivity index (χ4n) is 2.68. The van der Waals surface area contributed by atoms with E-state index in [4.69, 9.17) is 10.5 Å². The summed E-state index contributed by atoms with van der Waals surface area (Å²) in [5.74, 6) is 1.51. The molecule has 118 valence electrons. The van der Waals surface area contributed by atoms with Crippen LogP contribution in [0.5, 0.6) is 0 Å². The normalized spacial score (nSPS) is 26.8. The third-order valence-corrected chi connectivity index (χ3v) is 4.48. The maximum absolute atomic E-state index is 12.4. The second-order valence-corrected chi connectivity index (χ2v) is 6.72. The Kier molecular flexibility index (Phi) is 7.52. The summed E-state index contributed by atoms with van der Waals surface area (Å²) in [6.45, 7) is 9.03. The smallest absolute Gasteiger partial charge is 0.227 e. The third kappa shape index (κ3) is 5.41. The molecular formula is C16H32N2O2. The van der Waals surface area contributed by atoms with Gasteiger partial charge in [0.05, 0.1) is 12.0 Å². The van der Waals surface area contributed by atoms with Crippen molar-refractivity contribution in [3.63, 3.8) is 0 Å². The van der Waals surface area contributed by atoms with Gasteiger partial charge in [-0.05, 0) is 43.9 Å². The quantitative estimate of drug-likeness (QED) is 0.672. The van der Waals surface area contributed by atoms with E-state index in [1.807, 2.05) is 0 Å². The molecule has 0 spiro atoms. The summed E-state index contributed by atoms with van der Waals surface area (Å²) in [5.41, 5.74) is 5.55. The monoisotopic (exact) mass is 284 g/mol. The summed E-state index contributed by atoms with van der Waals surface area (Å²) < 4.78 is 5.52. The summed E-state index contributed by atoms with van der Waals surface area (Å²) in [6, 6.07) is 0. The van der Waals surface area contributed by atoms with Crippen molar-refractivity contribution in [3.8, 4) is 0 Å². The van der Waals surface area contributed by atoms with Crippen LogP contribution < -0.4 is 11.1 Å². The maximum Gasteiger partial charge on any atom is 0.227 e. The summed E-state index contributed by atoms with van der Waals surface area (Å²) in [5, 5.41) is 3.00. The van der Waals surface area contributed by atoms with Gasteiger partial charge in [0.1, 0.15) is 0 Å². The van der Waals surface area contributed by atoms with Crippen LogP contribution in [-0.2, 0) is 9.53 Å². The highest BCUT2D eigenvalue weighted by Crippen LogP contribution is 2.38. The minimum atomic E-state index is -0.329. The Labute approximate surface area is 123 Å². The topological polar surface area (TPSA) is 64.3 Å². The van der Waals surface area contributed by atoms with E-state index in [1.54, 1.807) is 0 Å². The van der Waals surface area contributed by atoms with E-state index in [-0.39, 0.29) is 11.3 Å². The van der Waals surface area contributed by atoms with Crippen LogP contribution in [0.1, 0.15) is 52.9 Å². The van der Waals surface area contributed by atoms with Crippen LogP contribution in [-0.4, -0.2) is 32.2 Å². The van der Waals surface area contributed by atoms with Gasteiger partial charge in [0.25, 0.3) is 0 Å².